The van der Waals surface area contributed by atoms with Gasteiger partial charge in [0, 0.05) is 76.4 Å². The molecule has 411 valence electrons. The van der Waals surface area contributed by atoms with Crippen LogP contribution in [0.3, 0.4) is 0 Å². The standard InChI is InChI=1S/C56H65N3O17.Gd/c1-4-42-24-46(72-33-40-9-5-37(2)6-10-40)17-19-49(42)74-35-48(36-75-50-20-18-47(25-43(50)26-51(60)61)73-34-41-11-7-38(3)8-12-41)76-45-15-13-39(14-16-45)23-44(59(31-55(68)69)32-56(70)71)27-57(28-52(62)63)21-22-58(29-53(64)65)30-54(66)67;/h5-20,24-25,44,48H,4,21-23,26-36H2,1-3H3,(H,60,61)(H,62,63)(H,64,65)(H,66,67)(H,68,69)(H,70,71);/q;+3/p-6. The summed E-state index contributed by atoms with van der Waals surface area (Å²) in [6.45, 7) is 1.13. The molecule has 0 saturated heterocycles. The first-order valence-electron chi connectivity index (χ1n) is 24.3. The molecule has 0 aliphatic rings. The van der Waals surface area contributed by atoms with Crippen LogP contribution in [0.2, 0.25) is 0 Å². The van der Waals surface area contributed by atoms with Gasteiger partial charge in [-0.25, -0.2) is 0 Å². The van der Waals surface area contributed by atoms with Crippen molar-refractivity contribution in [2.45, 2.75) is 65.4 Å². The summed E-state index contributed by atoms with van der Waals surface area (Å²) in [5.74, 6) is -7.33. The van der Waals surface area contributed by atoms with E-state index in [0.29, 0.717) is 41.6 Å². The maximum Gasteiger partial charge on any atom is 3.00 e. The number of carboxylic acids is 6. The van der Waals surface area contributed by atoms with Crippen molar-refractivity contribution in [1.29, 1.82) is 0 Å². The fourth-order valence-electron chi connectivity index (χ4n) is 8.03. The minimum absolute atomic E-state index is 0. The number of carbonyl (C=O) groups excluding carboxylic acids is 6. The summed E-state index contributed by atoms with van der Waals surface area (Å²) in [4.78, 5) is 73.3. The number of aliphatic carboxylic acids is 6. The summed E-state index contributed by atoms with van der Waals surface area (Å²) in [5, 5.41) is 70.2. The molecule has 0 heterocycles. The third-order valence-electron chi connectivity index (χ3n) is 11.8. The van der Waals surface area contributed by atoms with Gasteiger partial charge in [-0.05, 0) is 97.5 Å². The molecule has 77 heavy (non-hydrogen) atoms. The van der Waals surface area contributed by atoms with Crippen LogP contribution in [0.4, 0.5) is 0 Å². The predicted octanol–water partition coefficient (Wildman–Crippen LogP) is -2.21. The zero-order valence-electron chi connectivity index (χ0n) is 42.8. The van der Waals surface area contributed by atoms with Crippen LogP contribution in [0.15, 0.2) is 109 Å². The summed E-state index contributed by atoms with van der Waals surface area (Å²) in [6.07, 6.45) is -0.845. The van der Waals surface area contributed by atoms with Gasteiger partial charge in [-0.15, -0.1) is 0 Å². The number of carbonyl (C=O) groups is 6. The summed E-state index contributed by atoms with van der Waals surface area (Å²) in [5.41, 5.74) is 5.76. The van der Waals surface area contributed by atoms with E-state index in [1.807, 2.05) is 75.4 Å². The minimum Gasteiger partial charge on any atom is -0.550 e. The molecule has 0 bridgehead atoms. The third-order valence-corrected chi connectivity index (χ3v) is 11.8. The molecule has 0 fully saturated rings. The van der Waals surface area contributed by atoms with Crippen LogP contribution in [-0.2, 0) is 61.2 Å². The van der Waals surface area contributed by atoms with Gasteiger partial charge in [0.2, 0.25) is 0 Å². The molecule has 5 aromatic rings. The SMILES string of the molecule is CCc1cc(OCc2ccc(C)cc2)ccc1OCC(COc1ccc(OCc2ccc(C)cc2)cc1CC(=O)[O-])Oc1ccc(CC(CN(CCN(CC(=O)[O-])CC(=O)[O-])CC(=O)[O-])N(CC(=O)[O-])CC(=O)[O-])cc1.[Gd+3]. The van der Waals surface area contributed by atoms with E-state index in [4.69, 9.17) is 23.7 Å². The number of carboxylic acid groups (broad SMARTS) is 6. The van der Waals surface area contributed by atoms with Gasteiger partial charge in [-0.2, -0.15) is 0 Å². The first-order valence-corrected chi connectivity index (χ1v) is 24.3. The Balaban J connectivity index is 0.0000128. The molecular weight excluding hydrogens is 1140 g/mol. The number of benzene rings is 5. The van der Waals surface area contributed by atoms with Gasteiger partial charge >= 0.3 is 39.9 Å². The Morgan fingerprint density at radius 2 is 0.896 bits per heavy atom. The van der Waals surface area contributed by atoms with E-state index < -0.39 is 87.1 Å². The van der Waals surface area contributed by atoms with E-state index in [1.54, 1.807) is 54.6 Å². The molecule has 2 unspecified atom stereocenters. The van der Waals surface area contributed by atoms with Crippen molar-refractivity contribution in [3.8, 4) is 28.7 Å². The topological polar surface area (TPSA) is 297 Å². The molecule has 0 saturated carbocycles. The van der Waals surface area contributed by atoms with Crippen molar-refractivity contribution in [2.24, 2.45) is 0 Å². The van der Waals surface area contributed by atoms with Crippen molar-refractivity contribution in [3.05, 3.63) is 148 Å². The molecular formula is C56H59GdN3O17-3. The largest absolute Gasteiger partial charge is 3.00 e. The Morgan fingerprint density at radius 3 is 1.35 bits per heavy atom. The number of aryl methyl sites for hydroxylation is 3. The van der Waals surface area contributed by atoms with Gasteiger partial charge in [-0.3, -0.25) is 14.7 Å². The van der Waals surface area contributed by atoms with Crippen LogP contribution >= 0.6 is 0 Å². The molecule has 5 aromatic carbocycles. The van der Waals surface area contributed by atoms with Crippen LogP contribution in [-0.4, -0.2) is 128 Å². The molecule has 0 aliphatic heterocycles. The maximum absolute atomic E-state index is 11.9. The molecule has 0 spiro atoms. The molecule has 20 nitrogen and oxygen atoms in total. The summed E-state index contributed by atoms with van der Waals surface area (Å²) in [7, 11) is 0. The van der Waals surface area contributed by atoms with Crippen molar-refractivity contribution in [1.82, 2.24) is 14.7 Å². The van der Waals surface area contributed by atoms with Crippen LogP contribution in [0.1, 0.15) is 45.9 Å². The molecule has 0 aromatic heterocycles. The average Bonchev–Trinajstić information content (AvgIpc) is 3.35. The van der Waals surface area contributed by atoms with Crippen LogP contribution < -0.4 is 54.3 Å². The van der Waals surface area contributed by atoms with E-state index in [-0.39, 0.29) is 97.1 Å². The zero-order valence-corrected chi connectivity index (χ0v) is 45.1. The predicted molar refractivity (Wildman–Crippen MR) is 261 cm³/mol. The smallest absolute Gasteiger partial charge is 0.550 e. The van der Waals surface area contributed by atoms with Gasteiger partial charge < -0.3 is 83.1 Å². The number of hydrogen-bond acceptors (Lipinski definition) is 20. The van der Waals surface area contributed by atoms with Gasteiger partial charge in [0.1, 0.15) is 55.2 Å². The second-order valence-electron chi connectivity index (χ2n) is 18.1. The van der Waals surface area contributed by atoms with Gasteiger partial charge in [0.25, 0.3) is 0 Å². The van der Waals surface area contributed by atoms with E-state index in [0.717, 1.165) is 37.6 Å². The van der Waals surface area contributed by atoms with E-state index in [2.05, 4.69) is 0 Å². The van der Waals surface area contributed by atoms with Gasteiger partial charge in [0.15, 0.2) is 6.10 Å². The Labute approximate surface area is 478 Å². The van der Waals surface area contributed by atoms with Gasteiger partial charge in [0.05, 0.1) is 29.8 Å². The second-order valence-corrected chi connectivity index (χ2v) is 18.1. The van der Waals surface area contributed by atoms with E-state index >= 15 is 0 Å². The molecule has 5 rings (SSSR count). The second kappa shape index (κ2) is 32.0. The molecule has 0 aliphatic carbocycles. The molecule has 21 heteroatoms. The first-order chi connectivity index (χ1) is 36.3. The van der Waals surface area contributed by atoms with E-state index in [1.165, 1.54) is 4.90 Å². The molecule has 2 atom stereocenters. The molecule has 0 N–H and O–H groups in total. The van der Waals surface area contributed by atoms with Crippen LogP contribution in [0, 0.1) is 53.8 Å². The van der Waals surface area contributed by atoms with Crippen LogP contribution in [0.5, 0.6) is 28.7 Å². The number of nitrogens with zero attached hydrogens (tertiary/aromatic N) is 3. The number of ether oxygens (including phenoxy) is 5. The normalized spacial score (nSPS) is 11.8. The fraction of sp³-hybridized carbons (Fsp3) is 0.357. The number of rotatable bonds is 35. The van der Waals surface area contributed by atoms with Gasteiger partial charge in [-0.1, -0.05) is 78.7 Å². The monoisotopic (exact) mass is 1200 g/mol. The van der Waals surface area contributed by atoms with E-state index in [9.17, 15) is 59.4 Å². The Hall–Kier alpha value is -6.88. The average molecular weight is 1200 g/mol. The Kier molecular flexibility index (Phi) is 26.0. The third kappa shape index (κ3) is 23.1. The van der Waals surface area contributed by atoms with Crippen molar-refractivity contribution >= 4 is 35.8 Å². The maximum atomic E-state index is 11.9. The molecule has 0 amide bonds. The van der Waals surface area contributed by atoms with Crippen molar-refractivity contribution in [3.63, 3.8) is 0 Å². The Bertz CT molecular complexity index is 2690. The summed E-state index contributed by atoms with van der Waals surface area (Å²) < 4.78 is 31.1. The number of hydrogen-bond donors (Lipinski definition) is 0. The first kappa shape index (κ1) is 62.7. The fourth-order valence-corrected chi connectivity index (χ4v) is 8.03. The molecule has 1 radical (unpaired) electrons. The quantitative estimate of drug-likeness (QED) is 0.0415. The van der Waals surface area contributed by atoms with Crippen molar-refractivity contribution in [2.75, 3.05) is 65.6 Å². The van der Waals surface area contributed by atoms with Crippen LogP contribution in [0.25, 0.3) is 0 Å². The summed E-state index contributed by atoms with van der Waals surface area (Å²) >= 11 is 0. The van der Waals surface area contributed by atoms with Crippen molar-refractivity contribution < 1.29 is 123 Å². The summed E-state index contributed by atoms with van der Waals surface area (Å²) in [6, 6.07) is 31.4. The Morgan fingerprint density at radius 1 is 0.481 bits per heavy atom. The minimum atomic E-state index is -1.64. The zero-order chi connectivity index (χ0) is 55.1.